The quantitative estimate of drug-likeness (QED) is 0.766. The fraction of sp³-hybridized carbons (Fsp3) is 0.417. The number of carbonyl (C=O) groups excluding carboxylic acids is 1. The van der Waals surface area contributed by atoms with E-state index in [9.17, 15) is 13.2 Å². The number of benzene rings is 1. The molecule has 0 heterocycles. The third-order valence-electron chi connectivity index (χ3n) is 2.35. The Morgan fingerprint density at radius 1 is 1.37 bits per heavy atom. The van der Waals surface area contributed by atoms with Crippen LogP contribution in [0.5, 0.6) is 5.75 Å². The number of hydrogen-bond donors (Lipinski definition) is 2. The van der Waals surface area contributed by atoms with Crippen LogP contribution in [-0.4, -0.2) is 31.2 Å². The molecule has 0 aliphatic rings. The Balaban J connectivity index is 2.93. The van der Waals surface area contributed by atoms with Crippen molar-refractivity contribution >= 4 is 16.0 Å². The molecule has 0 saturated heterocycles. The molecule has 6 nitrogen and oxygen atoms in total. The van der Waals surface area contributed by atoms with Gasteiger partial charge in [-0.1, -0.05) is 12.1 Å². The molecule has 0 aliphatic heterocycles. The second-order valence-electron chi connectivity index (χ2n) is 4.00. The predicted molar refractivity (Wildman–Crippen MR) is 70.6 cm³/mol. The van der Waals surface area contributed by atoms with Crippen LogP contribution in [0.3, 0.4) is 0 Å². The monoisotopic (exact) mass is 287 g/mol. The van der Waals surface area contributed by atoms with Gasteiger partial charge in [-0.3, -0.25) is 9.35 Å². The fourth-order valence-corrected chi connectivity index (χ4v) is 2.34. The molecule has 2 N–H and O–H groups in total. The molecule has 0 bridgehead atoms. The van der Waals surface area contributed by atoms with Crippen molar-refractivity contribution < 1.29 is 22.5 Å². The lowest BCUT2D eigenvalue weighted by molar-refractivity contribution is -0.119. The fourth-order valence-electron chi connectivity index (χ4n) is 1.64. The average Bonchev–Trinajstić information content (AvgIpc) is 2.27. The Hall–Kier alpha value is -1.60. The molecule has 19 heavy (non-hydrogen) atoms. The lowest BCUT2D eigenvalue weighted by atomic mass is 10.1. The minimum Gasteiger partial charge on any atom is -0.494 e. The van der Waals surface area contributed by atoms with E-state index in [1.807, 2.05) is 6.92 Å². The van der Waals surface area contributed by atoms with E-state index >= 15 is 0 Å². The van der Waals surface area contributed by atoms with Crippen LogP contribution in [0.4, 0.5) is 0 Å². The summed E-state index contributed by atoms with van der Waals surface area (Å²) < 4.78 is 36.1. The number of hydrogen-bond acceptors (Lipinski definition) is 4. The SMILES string of the molecule is CCOc1ccc(C(CS(=O)(=O)O)NC(C)=O)cc1. The van der Waals surface area contributed by atoms with Gasteiger partial charge in [-0.25, -0.2) is 0 Å². The molecule has 1 amide bonds. The summed E-state index contributed by atoms with van der Waals surface area (Å²) in [5.41, 5.74) is 0.580. The molecule has 0 saturated carbocycles. The first-order valence-corrected chi connectivity index (χ1v) is 7.37. The lowest BCUT2D eigenvalue weighted by Crippen LogP contribution is -2.31. The van der Waals surface area contributed by atoms with E-state index in [0.29, 0.717) is 17.9 Å². The van der Waals surface area contributed by atoms with E-state index in [1.54, 1.807) is 24.3 Å². The zero-order chi connectivity index (χ0) is 14.5. The van der Waals surface area contributed by atoms with Crippen molar-refractivity contribution in [3.05, 3.63) is 29.8 Å². The minimum absolute atomic E-state index is 0.373. The van der Waals surface area contributed by atoms with Gasteiger partial charge >= 0.3 is 0 Å². The van der Waals surface area contributed by atoms with Crippen LogP contribution < -0.4 is 10.1 Å². The number of rotatable bonds is 6. The van der Waals surface area contributed by atoms with Gasteiger partial charge in [0.1, 0.15) is 5.75 Å². The zero-order valence-corrected chi connectivity index (χ0v) is 11.6. The molecule has 0 fully saturated rings. The number of nitrogens with one attached hydrogen (secondary N) is 1. The minimum atomic E-state index is -4.18. The van der Waals surface area contributed by atoms with Gasteiger partial charge in [0, 0.05) is 6.92 Å². The Kier molecular flexibility index (Phi) is 5.31. The summed E-state index contributed by atoms with van der Waals surface area (Å²) in [6.07, 6.45) is 0. The first-order chi connectivity index (χ1) is 8.81. The van der Waals surface area contributed by atoms with Crippen LogP contribution in [0, 0.1) is 0 Å². The van der Waals surface area contributed by atoms with E-state index in [1.165, 1.54) is 6.92 Å². The van der Waals surface area contributed by atoms with Crippen molar-refractivity contribution in [1.29, 1.82) is 0 Å². The van der Waals surface area contributed by atoms with Crippen LogP contribution in [0.2, 0.25) is 0 Å². The summed E-state index contributed by atoms with van der Waals surface area (Å²) in [5.74, 6) is -0.289. The maximum absolute atomic E-state index is 11.1. The van der Waals surface area contributed by atoms with E-state index in [4.69, 9.17) is 9.29 Å². The van der Waals surface area contributed by atoms with Gasteiger partial charge in [-0.2, -0.15) is 8.42 Å². The van der Waals surface area contributed by atoms with Gasteiger partial charge in [0.15, 0.2) is 0 Å². The maximum atomic E-state index is 11.1. The molecule has 1 unspecified atom stereocenters. The van der Waals surface area contributed by atoms with Crippen LogP contribution in [0.25, 0.3) is 0 Å². The molecule has 7 heteroatoms. The van der Waals surface area contributed by atoms with E-state index < -0.39 is 21.9 Å². The zero-order valence-electron chi connectivity index (χ0n) is 10.8. The Bertz CT molecular complexity index is 524. The highest BCUT2D eigenvalue weighted by Gasteiger charge is 2.19. The largest absolute Gasteiger partial charge is 0.494 e. The Labute approximate surface area is 112 Å². The van der Waals surface area contributed by atoms with Gasteiger partial charge in [0.05, 0.1) is 18.4 Å². The van der Waals surface area contributed by atoms with E-state index in [2.05, 4.69) is 5.32 Å². The summed E-state index contributed by atoms with van der Waals surface area (Å²) in [6.45, 7) is 3.66. The smallest absolute Gasteiger partial charge is 0.267 e. The molecule has 1 aromatic rings. The second kappa shape index (κ2) is 6.53. The first-order valence-electron chi connectivity index (χ1n) is 5.77. The maximum Gasteiger partial charge on any atom is 0.267 e. The standard InChI is InChI=1S/C12H17NO5S/c1-3-18-11-6-4-10(5-7-11)12(13-9(2)14)8-19(15,16)17/h4-7,12H,3,8H2,1-2H3,(H,13,14)(H,15,16,17). The topological polar surface area (TPSA) is 92.7 Å². The molecule has 1 aromatic carbocycles. The predicted octanol–water partition coefficient (Wildman–Crippen LogP) is 1.15. The molecule has 1 atom stereocenters. The third kappa shape index (κ3) is 5.71. The molecule has 0 spiro atoms. The van der Waals surface area contributed by atoms with Crippen LogP contribution in [0.1, 0.15) is 25.5 Å². The number of carbonyl (C=O) groups is 1. The van der Waals surface area contributed by atoms with Gasteiger partial charge < -0.3 is 10.1 Å². The Morgan fingerprint density at radius 2 is 1.95 bits per heavy atom. The number of ether oxygens (including phenoxy) is 1. The summed E-state index contributed by atoms with van der Waals surface area (Å²) in [4.78, 5) is 11.1. The molecule has 1 rings (SSSR count). The molecule has 0 aliphatic carbocycles. The van der Waals surface area contributed by atoms with Crippen molar-refractivity contribution in [2.45, 2.75) is 19.9 Å². The highest BCUT2D eigenvalue weighted by Crippen LogP contribution is 2.19. The van der Waals surface area contributed by atoms with E-state index in [0.717, 1.165) is 0 Å². The summed E-state index contributed by atoms with van der Waals surface area (Å²) in [5, 5.41) is 2.49. The first kappa shape index (κ1) is 15.5. The van der Waals surface area contributed by atoms with Crippen molar-refractivity contribution in [3.8, 4) is 5.75 Å². The highest BCUT2D eigenvalue weighted by molar-refractivity contribution is 7.85. The highest BCUT2D eigenvalue weighted by atomic mass is 32.2. The van der Waals surface area contributed by atoms with Gasteiger partial charge in [0.25, 0.3) is 10.1 Å². The average molecular weight is 287 g/mol. The lowest BCUT2D eigenvalue weighted by Gasteiger charge is -2.17. The third-order valence-corrected chi connectivity index (χ3v) is 3.10. The van der Waals surface area contributed by atoms with Crippen molar-refractivity contribution in [2.24, 2.45) is 0 Å². The van der Waals surface area contributed by atoms with Crippen molar-refractivity contribution in [1.82, 2.24) is 5.32 Å². The second-order valence-corrected chi connectivity index (χ2v) is 5.50. The van der Waals surface area contributed by atoms with Crippen molar-refractivity contribution in [2.75, 3.05) is 12.4 Å². The van der Waals surface area contributed by atoms with Gasteiger partial charge in [-0.15, -0.1) is 0 Å². The van der Waals surface area contributed by atoms with Crippen molar-refractivity contribution in [3.63, 3.8) is 0 Å². The normalized spacial score (nSPS) is 12.8. The molecule has 0 radical (unpaired) electrons. The summed E-state index contributed by atoms with van der Waals surface area (Å²) in [6, 6.07) is 5.87. The Morgan fingerprint density at radius 3 is 2.37 bits per heavy atom. The van der Waals surface area contributed by atoms with Crippen LogP contribution in [-0.2, 0) is 14.9 Å². The van der Waals surface area contributed by atoms with Gasteiger partial charge in [-0.05, 0) is 24.6 Å². The van der Waals surface area contributed by atoms with Crippen LogP contribution in [0.15, 0.2) is 24.3 Å². The van der Waals surface area contributed by atoms with Gasteiger partial charge in [0.2, 0.25) is 5.91 Å². The molecular weight excluding hydrogens is 270 g/mol. The number of amides is 1. The molecule has 0 aromatic heterocycles. The summed E-state index contributed by atoms with van der Waals surface area (Å²) >= 11 is 0. The van der Waals surface area contributed by atoms with Crippen LogP contribution >= 0.6 is 0 Å². The summed E-state index contributed by atoms with van der Waals surface area (Å²) in [7, 11) is -4.18. The van der Waals surface area contributed by atoms with E-state index in [-0.39, 0.29) is 5.91 Å². The molecule has 106 valence electrons. The molecular formula is C12H17NO5S.